The van der Waals surface area contributed by atoms with Crippen LogP contribution >= 0.6 is 11.8 Å². The van der Waals surface area contributed by atoms with Crippen molar-refractivity contribution in [3.8, 4) is 0 Å². The fourth-order valence-corrected chi connectivity index (χ4v) is 4.78. The molecular weight excluding hydrogens is 268 g/mol. The summed E-state index contributed by atoms with van der Waals surface area (Å²) in [5, 5.41) is 3.26. The van der Waals surface area contributed by atoms with Gasteiger partial charge < -0.3 is 5.32 Å². The van der Waals surface area contributed by atoms with Crippen molar-refractivity contribution >= 4 is 27.5 Å². The van der Waals surface area contributed by atoms with E-state index in [1.165, 1.54) is 0 Å². The van der Waals surface area contributed by atoms with Crippen molar-refractivity contribution in [2.24, 2.45) is 0 Å². The first-order valence-corrected chi connectivity index (χ1v) is 8.61. The van der Waals surface area contributed by atoms with Crippen LogP contribution in [0.4, 0.5) is 5.69 Å². The van der Waals surface area contributed by atoms with E-state index in [1.807, 2.05) is 6.07 Å². The molecule has 6 heteroatoms. The number of thioether (sulfide) groups is 1. The lowest BCUT2D eigenvalue weighted by Crippen LogP contribution is -2.28. The maximum atomic E-state index is 12.4. The van der Waals surface area contributed by atoms with E-state index in [2.05, 4.69) is 5.32 Å². The molecule has 3 rings (SSSR count). The minimum Gasteiger partial charge on any atom is -0.383 e. The largest absolute Gasteiger partial charge is 0.383 e. The maximum Gasteiger partial charge on any atom is 0.243 e. The number of anilines is 1. The molecule has 1 aromatic carbocycles. The van der Waals surface area contributed by atoms with Crippen molar-refractivity contribution in [1.82, 2.24) is 4.31 Å². The molecule has 0 amide bonds. The smallest absolute Gasteiger partial charge is 0.243 e. The SMILES string of the molecule is O=S(=O)(c1ccc2c(c1)NCCS2)N1CCCC1. The van der Waals surface area contributed by atoms with Gasteiger partial charge in [-0.25, -0.2) is 8.42 Å². The van der Waals surface area contributed by atoms with Crippen LogP contribution < -0.4 is 5.32 Å². The standard InChI is InChI=1S/C12H16N2O2S2/c15-18(16,14-6-1-2-7-14)10-3-4-12-11(9-10)13-5-8-17-12/h3-4,9,13H,1-2,5-8H2. The summed E-state index contributed by atoms with van der Waals surface area (Å²) in [5.74, 6) is 1.03. The van der Waals surface area contributed by atoms with Crippen molar-refractivity contribution < 1.29 is 8.42 Å². The van der Waals surface area contributed by atoms with E-state index in [-0.39, 0.29) is 0 Å². The highest BCUT2D eigenvalue weighted by Crippen LogP contribution is 2.33. The van der Waals surface area contributed by atoms with E-state index in [0.29, 0.717) is 18.0 Å². The minimum atomic E-state index is -3.29. The van der Waals surface area contributed by atoms with Gasteiger partial charge in [-0.1, -0.05) is 0 Å². The van der Waals surface area contributed by atoms with Gasteiger partial charge in [-0.05, 0) is 31.0 Å². The lowest BCUT2D eigenvalue weighted by atomic mass is 10.3. The van der Waals surface area contributed by atoms with Crippen LogP contribution in [0.15, 0.2) is 28.0 Å². The Morgan fingerprint density at radius 3 is 2.78 bits per heavy atom. The van der Waals surface area contributed by atoms with E-state index >= 15 is 0 Å². The molecule has 0 aromatic heterocycles. The molecule has 0 radical (unpaired) electrons. The molecule has 0 spiro atoms. The molecular formula is C12H16N2O2S2. The average molecular weight is 284 g/mol. The van der Waals surface area contributed by atoms with Crippen molar-refractivity contribution in [2.75, 3.05) is 30.7 Å². The van der Waals surface area contributed by atoms with E-state index in [1.54, 1.807) is 28.2 Å². The summed E-state index contributed by atoms with van der Waals surface area (Å²) in [6.07, 6.45) is 1.94. The van der Waals surface area contributed by atoms with Crippen LogP contribution in [0.1, 0.15) is 12.8 Å². The van der Waals surface area contributed by atoms with Crippen molar-refractivity contribution in [3.63, 3.8) is 0 Å². The van der Waals surface area contributed by atoms with Gasteiger partial charge in [0.25, 0.3) is 0 Å². The summed E-state index contributed by atoms with van der Waals surface area (Å²) in [5.41, 5.74) is 0.950. The van der Waals surface area contributed by atoms with Crippen molar-refractivity contribution in [3.05, 3.63) is 18.2 Å². The number of hydrogen-bond donors (Lipinski definition) is 1. The third-order valence-electron chi connectivity index (χ3n) is 3.33. The van der Waals surface area contributed by atoms with Gasteiger partial charge in [-0.15, -0.1) is 11.8 Å². The molecule has 1 saturated heterocycles. The zero-order valence-electron chi connectivity index (χ0n) is 10.1. The van der Waals surface area contributed by atoms with E-state index in [4.69, 9.17) is 0 Å². The molecule has 0 bridgehead atoms. The second kappa shape index (κ2) is 4.75. The Hall–Kier alpha value is -0.720. The van der Waals surface area contributed by atoms with Crippen LogP contribution in [0.2, 0.25) is 0 Å². The maximum absolute atomic E-state index is 12.4. The van der Waals surface area contributed by atoms with Crippen LogP contribution in [0.3, 0.4) is 0 Å². The quantitative estimate of drug-likeness (QED) is 0.902. The van der Waals surface area contributed by atoms with Crippen LogP contribution in [-0.4, -0.2) is 38.1 Å². The molecule has 2 aliphatic heterocycles. The molecule has 4 nitrogen and oxygen atoms in total. The number of hydrogen-bond acceptors (Lipinski definition) is 4. The van der Waals surface area contributed by atoms with Gasteiger partial charge >= 0.3 is 0 Å². The Labute approximate surface area is 112 Å². The highest BCUT2D eigenvalue weighted by Gasteiger charge is 2.27. The van der Waals surface area contributed by atoms with Gasteiger partial charge in [0.05, 0.1) is 4.90 Å². The Bertz CT molecular complexity index is 551. The second-order valence-electron chi connectivity index (χ2n) is 4.54. The van der Waals surface area contributed by atoms with Gasteiger partial charge in [0, 0.05) is 36.0 Å². The second-order valence-corrected chi connectivity index (χ2v) is 7.62. The molecule has 18 heavy (non-hydrogen) atoms. The number of fused-ring (bicyclic) bond motifs is 1. The molecule has 98 valence electrons. The molecule has 0 aliphatic carbocycles. The highest BCUT2D eigenvalue weighted by molar-refractivity contribution is 7.99. The first kappa shape index (κ1) is 12.3. The summed E-state index contributed by atoms with van der Waals surface area (Å²) < 4.78 is 26.4. The van der Waals surface area contributed by atoms with Crippen LogP contribution in [0.5, 0.6) is 0 Å². The summed E-state index contributed by atoms with van der Waals surface area (Å²) in [6.45, 7) is 2.20. The van der Waals surface area contributed by atoms with Crippen molar-refractivity contribution in [1.29, 1.82) is 0 Å². The van der Waals surface area contributed by atoms with E-state index in [9.17, 15) is 8.42 Å². The molecule has 0 unspecified atom stereocenters. The molecule has 1 fully saturated rings. The average Bonchev–Trinajstić information content (AvgIpc) is 2.92. The number of nitrogens with zero attached hydrogens (tertiary/aromatic N) is 1. The molecule has 0 atom stereocenters. The van der Waals surface area contributed by atoms with Crippen LogP contribution in [0, 0.1) is 0 Å². The number of benzene rings is 1. The van der Waals surface area contributed by atoms with Crippen molar-refractivity contribution in [2.45, 2.75) is 22.6 Å². The first-order chi connectivity index (χ1) is 8.68. The Morgan fingerprint density at radius 2 is 2.00 bits per heavy atom. The Balaban J connectivity index is 1.96. The normalized spacial score (nSPS) is 20.4. The monoisotopic (exact) mass is 284 g/mol. The highest BCUT2D eigenvalue weighted by atomic mass is 32.2. The summed E-state index contributed by atoms with van der Waals surface area (Å²) >= 11 is 1.77. The topological polar surface area (TPSA) is 49.4 Å². The summed E-state index contributed by atoms with van der Waals surface area (Å²) in [6, 6.07) is 5.41. The lowest BCUT2D eigenvalue weighted by molar-refractivity contribution is 0.477. The number of nitrogens with one attached hydrogen (secondary N) is 1. The van der Waals surface area contributed by atoms with Crippen LogP contribution in [0.25, 0.3) is 0 Å². The van der Waals surface area contributed by atoms with Gasteiger partial charge in [0.1, 0.15) is 0 Å². The molecule has 0 saturated carbocycles. The number of sulfonamides is 1. The van der Waals surface area contributed by atoms with Gasteiger partial charge in [0.15, 0.2) is 0 Å². The van der Waals surface area contributed by atoms with Gasteiger partial charge in [-0.3, -0.25) is 0 Å². The predicted molar refractivity (Wildman–Crippen MR) is 73.6 cm³/mol. The predicted octanol–water partition coefficient (Wildman–Crippen LogP) is 1.99. The third kappa shape index (κ3) is 2.13. The van der Waals surface area contributed by atoms with Gasteiger partial charge in [0.2, 0.25) is 10.0 Å². The van der Waals surface area contributed by atoms with Crippen LogP contribution in [-0.2, 0) is 10.0 Å². The zero-order chi connectivity index (χ0) is 12.6. The zero-order valence-corrected chi connectivity index (χ0v) is 11.7. The van der Waals surface area contributed by atoms with E-state index in [0.717, 1.165) is 35.7 Å². The van der Waals surface area contributed by atoms with E-state index < -0.39 is 10.0 Å². The summed E-state index contributed by atoms with van der Waals surface area (Å²) in [7, 11) is -3.29. The summed E-state index contributed by atoms with van der Waals surface area (Å²) in [4.78, 5) is 1.56. The minimum absolute atomic E-state index is 0.415. The first-order valence-electron chi connectivity index (χ1n) is 6.19. The Morgan fingerprint density at radius 1 is 1.22 bits per heavy atom. The fraction of sp³-hybridized carbons (Fsp3) is 0.500. The lowest BCUT2D eigenvalue weighted by Gasteiger charge is -2.20. The molecule has 1 N–H and O–H groups in total. The molecule has 2 aliphatic rings. The number of rotatable bonds is 2. The molecule has 1 aromatic rings. The molecule has 2 heterocycles. The Kier molecular flexibility index (Phi) is 3.25. The fourth-order valence-electron chi connectivity index (χ4n) is 2.36. The van der Waals surface area contributed by atoms with Gasteiger partial charge in [-0.2, -0.15) is 4.31 Å². The third-order valence-corrected chi connectivity index (χ3v) is 6.30.